The maximum atomic E-state index is 13.3. The predicted molar refractivity (Wildman–Crippen MR) is 58.9 cm³/mol. The lowest BCUT2D eigenvalue weighted by Crippen LogP contribution is -2.43. The fourth-order valence-corrected chi connectivity index (χ4v) is 1.42. The number of ether oxygens (including phenoxy) is 2. The minimum atomic E-state index is -0.663. The van der Waals surface area contributed by atoms with Crippen LogP contribution in [0.3, 0.4) is 0 Å². The SMILES string of the molecule is COC(OC)C(C)NC(=O)c1ccncc1F. The molecule has 0 saturated carbocycles. The molecular weight excluding hydrogens is 227 g/mol. The van der Waals surface area contributed by atoms with Crippen molar-refractivity contribution in [1.82, 2.24) is 10.3 Å². The second kappa shape index (κ2) is 6.27. The third-order valence-electron chi connectivity index (χ3n) is 2.25. The van der Waals surface area contributed by atoms with Gasteiger partial charge in [0.05, 0.1) is 17.8 Å². The summed E-state index contributed by atoms with van der Waals surface area (Å²) in [5.74, 6) is -1.19. The minimum absolute atomic E-state index is 0.0576. The molecular formula is C11H15FN2O3. The average Bonchev–Trinajstić information content (AvgIpc) is 2.31. The van der Waals surface area contributed by atoms with Gasteiger partial charge in [-0.15, -0.1) is 0 Å². The van der Waals surface area contributed by atoms with Crippen molar-refractivity contribution in [3.05, 3.63) is 29.8 Å². The van der Waals surface area contributed by atoms with E-state index in [-0.39, 0.29) is 5.56 Å². The molecule has 0 saturated heterocycles. The number of aromatic nitrogens is 1. The quantitative estimate of drug-likeness (QED) is 0.781. The molecule has 1 N–H and O–H groups in total. The lowest BCUT2D eigenvalue weighted by molar-refractivity contribution is -0.117. The maximum absolute atomic E-state index is 13.3. The number of hydrogen-bond acceptors (Lipinski definition) is 4. The highest BCUT2D eigenvalue weighted by Crippen LogP contribution is 2.06. The van der Waals surface area contributed by atoms with Crippen molar-refractivity contribution >= 4 is 5.91 Å². The van der Waals surface area contributed by atoms with Gasteiger partial charge in [0.2, 0.25) is 0 Å². The Morgan fingerprint density at radius 3 is 2.65 bits per heavy atom. The van der Waals surface area contributed by atoms with Gasteiger partial charge in [0, 0.05) is 20.4 Å². The Labute approximate surface area is 98.9 Å². The number of carbonyl (C=O) groups excluding carboxylic acids is 1. The third kappa shape index (κ3) is 3.47. The van der Waals surface area contributed by atoms with Crippen molar-refractivity contribution in [3.63, 3.8) is 0 Å². The van der Waals surface area contributed by atoms with Crippen molar-refractivity contribution in [2.24, 2.45) is 0 Å². The highest BCUT2D eigenvalue weighted by atomic mass is 19.1. The molecule has 94 valence electrons. The number of amides is 1. The van der Waals surface area contributed by atoms with Crippen LogP contribution in [0.2, 0.25) is 0 Å². The van der Waals surface area contributed by atoms with Gasteiger partial charge in [0.15, 0.2) is 12.1 Å². The number of methoxy groups -OCH3 is 2. The van der Waals surface area contributed by atoms with E-state index in [4.69, 9.17) is 9.47 Å². The summed E-state index contributed by atoms with van der Waals surface area (Å²) >= 11 is 0. The van der Waals surface area contributed by atoms with Crippen molar-refractivity contribution in [3.8, 4) is 0 Å². The second-order valence-electron chi connectivity index (χ2n) is 3.46. The van der Waals surface area contributed by atoms with Crippen LogP contribution in [0.25, 0.3) is 0 Å². The summed E-state index contributed by atoms with van der Waals surface area (Å²) in [5.41, 5.74) is -0.0576. The van der Waals surface area contributed by atoms with E-state index in [0.29, 0.717) is 0 Å². The molecule has 1 unspecified atom stereocenters. The number of hydrogen-bond donors (Lipinski definition) is 1. The molecule has 1 heterocycles. The fourth-order valence-electron chi connectivity index (χ4n) is 1.42. The van der Waals surface area contributed by atoms with Gasteiger partial charge in [-0.2, -0.15) is 0 Å². The molecule has 0 radical (unpaired) electrons. The van der Waals surface area contributed by atoms with Crippen LogP contribution in [0.1, 0.15) is 17.3 Å². The molecule has 1 atom stereocenters. The Balaban J connectivity index is 2.70. The van der Waals surface area contributed by atoms with Crippen LogP contribution in [-0.4, -0.2) is 37.4 Å². The predicted octanol–water partition coefficient (Wildman–Crippen LogP) is 0.958. The van der Waals surface area contributed by atoms with Crippen LogP contribution in [-0.2, 0) is 9.47 Å². The van der Waals surface area contributed by atoms with E-state index >= 15 is 0 Å². The van der Waals surface area contributed by atoms with Crippen LogP contribution in [0, 0.1) is 5.82 Å². The molecule has 1 amide bonds. The van der Waals surface area contributed by atoms with Crippen LogP contribution in [0.5, 0.6) is 0 Å². The molecule has 0 aliphatic carbocycles. The zero-order valence-corrected chi connectivity index (χ0v) is 9.94. The Morgan fingerprint density at radius 1 is 1.47 bits per heavy atom. The minimum Gasteiger partial charge on any atom is -0.354 e. The lowest BCUT2D eigenvalue weighted by atomic mass is 10.2. The Kier molecular flexibility index (Phi) is 4.99. The van der Waals surface area contributed by atoms with E-state index in [1.165, 1.54) is 26.5 Å². The van der Waals surface area contributed by atoms with E-state index < -0.39 is 24.1 Å². The van der Waals surface area contributed by atoms with Gasteiger partial charge in [0.25, 0.3) is 5.91 Å². The first-order chi connectivity index (χ1) is 8.10. The van der Waals surface area contributed by atoms with E-state index in [9.17, 15) is 9.18 Å². The van der Waals surface area contributed by atoms with E-state index in [0.717, 1.165) is 6.20 Å². The van der Waals surface area contributed by atoms with Crippen molar-refractivity contribution in [2.75, 3.05) is 14.2 Å². The molecule has 0 fully saturated rings. The summed E-state index contributed by atoms with van der Waals surface area (Å²) in [7, 11) is 2.92. The van der Waals surface area contributed by atoms with Crippen molar-refractivity contribution in [1.29, 1.82) is 0 Å². The zero-order valence-electron chi connectivity index (χ0n) is 9.94. The molecule has 17 heavy (non-hydrogen) atoms. The van der Waals surface area contributed by atoms with Gasteiger partial charge in [-0.3, -0.25) is 9.78 Å². The Bertz CT molecular complexity index is 383. The molecule has 0 aromatic carbocycles. The van der Waals surface area contributed by atoms with E-state index in [2.05, 4.69) is 10.3 Å². The van der Waals surface area contributed by atoms with Gasteiger partial charge >= 0.3 is 0 Å². The molecule has 1 aromatic heterocycles. The highest BCUT2D eigenvalue weighted by Gasteiger charge is 2.20. The number of halogens is 1. The van der Waals surface area contributed by atoms with Crippen LogP contribution in [0.15, 0.2) is 18.5 Å². The topological polar surface area (TPSA) is 60.5 Å². The number of pyridine rings is 1. The summed E-state index contributed by atoms with van der Waals surface area (Å²) in [6.07, 6.45) is 1.76. The molecule has 1 aromatic rings. The average molecular weight is 242 g/mol. The van der Waals surface area contributed by atoms with Crippen LogP contribution in [0.4, 0.5) is 4.39 Å². The molecule has 5 nitrogen and oxygen atoms in total. The Morgan fingerprint density at radius 2 is 2.12 bits per heavy atom. The number of nitrogens with one attached hydrogen (secondary N) is 1. The smallest absolute Gasteiger partial charge is 0.254 e. The second-order valence-corrected chi connectivity index (χ2v) is 3.46. The summed E-state index contributed by atoms with van der Waals surface area (Å²) < 4.78 is 23.2. The zero-order chi connectivity index (χ0) is 12.8. The maximum Gasteiger partial charge on any atom is 0.254 e. The van der Waals surface area contributed by atoms with Crippen molar-refractivity contribution < 1.29 is 18.7 Å². The van der Waals surface area contributed by atoms with Gasteiger partial charge in [-0.1, -0.05) is 0 Å². The third-order valence-corrected chi connectivity index (χ3v) is 2.25. The number of carbonyl (C=O) groups is 1. The largest absolute Gasteiger partial charge is 0.354 e. The van der Waals surface area contributed by atoms with Gasteiger partial charge < -0.3 is 14.8 Å². The number of rotatable bonds is 5. The van der Waals surface area contributed by atoms with Gasteiger partial charge in [-0.25, -0.2) is 4.39 Å². The van der Waals surface area contributed by atoms with Crippen LogP contribution < -0.4 is 5.32 Å². The Hall–Kier alpha value is -1.53. The van der Waals surface area contributed by atoms with Gasteiger partial charge in [-0.05, 0) is 13.0 Å². The highest BCUT2D eigenvalue weighted by molar-refractivity contribution is 5.94. The van der Waals surface area contributed by atoms with Crippen molar-refractivity contribution in [2.45, 2.75) is 19.3 Å². The van der Waals surface area contributed by atoms with Crippen LogP contribution >= 0.6 is 0 Å². The molecule has 0 aliphatic rings. The normalized spacial score (nSPS) is 12.5. The first kappa shape index (κ1) is 13.5. The molecule has 0 spiro atoms. The van der Waals surface area contributed by atoms with Gasteiger partial charge in [0.1, 0.15) is 0 Å². The molecule has 0 aliphatic heterocycles. The first-order valence-electron chi connectivity index (χ1n) is 5.06. The summed E-state index contributed by atoms with van der Waals surface area (Å²) in [6, 6.07) is 0.913. The standard InChI is InChI=1S/C11H15FN2O3/c1-7(11(16-2)17-3)14-10(15)8-4-5-13-6-9(8)12/h4-7,11H,1-3H3,(H,14,15). The fraction of sp³-hybridized carbons (Fsp3) is 0.455. The molecule has 0 bridgehead atoms. The number of nitrogens with zero attached hydrogens (tertiary/aromatic N) is 1. The first-order valence-corrected chi connectivity index (χ1v) is 5.06. The summed E-state index contributed by atoms with van der Waals surface area (Å²) in [4.78, 5) is 15.3. The summed E-state index contributed by atoms with van der Waals surface area (Å²) in [5, 5.41) is 2.58. The van der Waals surface area contributed by atoms with E-state index in [1.807, 2.05) is 0 Å². The lowest BCUT2D eigenvalue weighted by Gasteiger charge is -2.22. The molecule has 1 rings (SSSR count). The monoisotopic (exact) mass is 242 g/mol. The molecule has 6 heteroatoms. The van der Waals surface area contributed by atoms with E-state index in [1.54, 1.807) is 6.92 Å². The summed E-state index contributed by atoms with van der Waals surface area (Å²) in [6.45, 7) is 1.70.